The van der Waals surface area contributed by atoms with Crippen LogP contribution in [-0.2, 0) is 16.1 Å². The number of nitrogens with zero attached hydrogens (tertiary/aromatic N) is 1. The van der Waals surface area contributed by atoms with Crippen molar-refractivity contribution >= 4 is 11.6 Å². The van der Waals surface area contributed by atoms with Gasteiger partial charge in [-0.25, -0.2) is 0 Å². The number of anilines is 1. The van der Waals surface area contributed by atoms with Crippen LogP contribution in [0.5, 0.6) is 0 Å². The fourth-order valence-electron chi connectivity index (χ4n) is 2.31. The van der Waals surface area contributed by atoms with E-state index in [0.29, 0.717) is 6.61 Å². The summed E-state index contributed by atoms with van der Waals surface area (Å²) in [5, 5.41) is 2.99. The number of hydrogen-bond acceptors (Lipinski definition) is 3. The van der Waals surface area contributed by atoms with Crippen molar-refractivity contribution in [2.45, 2.75) is 32.4 Å². The van der Waals surface area contributed by atoms with Gasteiger partial charge in [0.25, 0.3) is 5.91 Å². The second kappa shape index (κ2) is 6.17. The molecule has 1 N–H and O–H groups in total. The van der Waals surface area contributed by atoms with Crippen LogP contribution in [-0.4, -0.2) is 37.6 Å². The van der Waals surface area contributed by atoms with Gasteiger partial charge in [-0.05, 0) is 45.5 Å². The molecule has 1 saturated heterocycles. The summed E-state index contributed by atoms with van der Waals surface area (Å²) in [6.45, 7) is 3.56. The molecule has 0 bridgehead atoms. The summed E-state index contributed by atoms with van der Waals surface area (Å²) in [6.07, 6.45) is 1.51. The van der Waals surface area contributed by atoms with Gasteiger partial charge in [0.2, 0.25) is 0 Å². The van der Waals surface area contributed by atoms with Crippen molar-refractivity contribution in [3.63, 3.8) is 0 Å². The first kappa shape index (κ1) is 14.0. The van der Waals surface area contributed by atoms with Crippen LogP contribution in [0.1, 0.15) is 24.0 Å². The molecule has 1 fully saturated rings. The van der Waals surface area contributed by atoms with E-state index in [4.69, 9.17) is 4.74 Å². The van der Waals surface area contributed by atoms with Gasteiger partial charge in [0, 0.05) is 18.8 Å². The fraction of sp³-hybridized carbons (Fsp3) is 0.533. The third kappa shape index (κ3) is 3.78. The van der Waals surface area contributed by atoms with Crippen LogP contribution in [0, 0.1) is 6.92 Å². The Hall–Kier alpha value is -1.39. The summed E-state index contributed by atoms with van der Waals surface area (Å²) in [5.41, 5.74) is 3.23. The number of carbonyl (C=O) groups is 1. The van der Waals surface area contributed by atoms with Crippen LogP contribution >= 0.6 is 0 Å². The monoisotopic (exact) mass is 262 g/mol. The Morgan fingerprint density at radius 1 is 1.47 bits per heavy atom. The van der Waals surface area contributed by atoms with Crippen molar-refractivity contribution in [3.05, 3.63) is 29.3 Å². The predicted octanol–water partition coefficient (Wildman–Crippen LogP) is 2.17. The van der Waals surface area contributed by atoms with Gasteiger partial charge in [0.15, 0.2) is 0 Å². The number of amides is 1. The molecule has 0 saturated carbocycles. The predicted molar refractivity (Wildman–Crippen MR) is 76.2 cm³/mol. The van der Waals surface area contributed by atoms with E-state index in [1.807, 2.05) is 26.2 Å². The largest absolute Gasteiger partial charge is 0.368 e. The maximum atomic E-state index is 12.1. The highest BCUT2D eigenvalue weighted by Gasteiger charge is 2.24. The molecular weight excluding hydrogens is 240 g/mol. The van der Waals surface area contributed by atoms with Gasteiger partial charge >= 0.3 is 0 Å². The Kier molecular flexibility index (Phi) is 4.56. The Labute approximate surface area is 114 Å². The molecule has 4 heteroatoms. The molecule has 0 aromatic heterocycles. The van der Waals surface area contributed by atoms with Gasteiger partial charge in [-0.2, -0.15) is 0 Å². The number of ether oxygens (including phenoxy) is 1. The van der Waals surface area contributed by atoms with E-state index in [1.165, 1.54) is 5.56 Å². The van der Waals surface area contributed by atoms with Gasteiger partial charge in [-0.1, -0.05) is 17.7 Å². The summed E-state index contributed by atoms with van der Waals surface area (Å²) in [7, 11) is 4.04. The van der Waals surface area contributed by atoms with Crippen molar-refractivity contribution in [2.75, 3.05) is 26.0 Å². The van der Waals surface area contributed by atoms with E-state index in [-0.39, 0.29) is 12.0 Å². The third-order valence-corrected chi connectivity index (χ3v) is 3.23. The minimum atomic E-state index is -0.284. The molecule has 1 unspecified atom stereocenters. The molecule has 0 aliphatic carbocycles. The SMILES string of the molecule is Cc1ccc(NC(=O)C2CCCO2)c(CN(C)C)c1. The molecule has 1 heterocycles. The van der Waals surface area contributed by atoms with E-state index in [2.05, 4.69) is 23.2 Å². The Bertz CT molecular complexity index is 451. The van der Waals surface area contributed by atoms with Crippen LogP contribution in [0.4, 0.5) is 5.69 Å². The molecule has 1 aromatic carbocycles. The lowest BCUT2D eigenvalue weighted by atomic mass is 10.1. The second-order valence-electron chi connectivity index (χ2n) is 5.39. The second-order valence-corrected chi connectivity index (χ2v) is 5.39. The van der Waals surface area contributed by atoms with Crippen LogP contribution in [0.15, 0.2) is 18.2 Å². The third-order valence-electron chi connectivity index (χ3n) is 3.23. The molecule has 1 aromatic rings. The number of benzene rings is 1. The minimum absolute atomic E-state index is 0.0265. The summed E-state index contributed by atoms with van der Waals surface area (Å²) in [5.74, 6) is -0.0265. The molecule has 1 amide bonds. The molecular formula is C15H22N2O2. The van der Waals surface area contributed by atoms with Crippen LogP contribution in [0.2, 0.25) is 0 Å². The number of rotatable bonds is 4. The molecule has 0 spiro atoms. The van der Waals surface area contributed by atoms with E-state index >= 15 is 0 Å². The highest BCUT2D eigenvalue weighted by atomic mass is 16.5. The first-order valence-corrected chi connectivity index (χ1v) is 6.73. The Morgan fingerprint density at radius 2 is 2.26 bits per heavy atom. The molecule has 1 aliphatic heterocycles. The van der Waals surface area contributed by atoms with E-state index < -0.39 is 0 Å². The van der Waals surface area contributed by atoms with Crippen LogP contribution in [0.3, 0.4) is 0 Å². The minimum Gasteiger partial charge on any atom is -0.368 e. The lowest BCUT2D eigenvalue weighted by molar-refractivity contribution is -0.124. The van der Waals surface area contributed by atoms with E-state index in [0.717, 1.165) is 30.6 Å². The van der Waals surface area contributed by atoms with Gasteiger partial charge < -0.3 is 15.0 Å². The summed E-state index contributed by atoms with van der Waals surface area (Å²) in [6, 6.07) is 6.11. The lowest BCUT2D eigenvalue weighted by Gasteiger charge is -2.17. The average molecular weight is 262 g/mol. The molecule has 104 valence electrons. The maximum absolute atomic E-state index is 12.1. The van der Waals surface area contributed by atoms with Crippen molar-refractivity contribution in [2.24, 2.45) is 0 Å². The maximum Gasteiger partial charge on any atom is 0.253 e. The molecule has 1 aliphatic rings. The number of aryl methyl sites for hydroxylation is 1. The van der Waals surface area contributed by atoms with Crippen LogP contribution in [0.25, 0.3) is 0 Å². The van der Waals surface area contributed by atoms with Crippen molar-refractivity contribution in [3.8, 4) is 0 Å². The number of nitrogens with one attached hydrogen (secondary N) is 1. The van der Waals surface area contributed by atoms with Crippen molar-refractivity contribution < 1.29 is 9.53 Å². The summed E-state index contributed by atoms with van der Waals surface area (Å²) >= 11 is 0. The smallest absolute Gasteiger partial charge is 0.253 e. The first-order chi connectivity index (χ1) is 9.06. The quantitative estimate of drug-likeness (QED) is 0.904. The summed E-state index contributed by atoms with van der Waals surface area (Å²) < 4.78 is 5.41. The fourth-order valence-corrected chi connectivity index (χ4v) is 2.31. The first-order valence-electron chi connectivity index (χ1n) is 6.73. The van der Waals surface area contributed by atoms with Gasteiger partial charge in [-0.15, -0.1) is 0 Å². The molecule has 2 rings (SSSR count). The standard InChI is InChI=1S/C15H22N2O2/c1-11-6-7-13(12(9-11)10-17(2)3)16-15(18)14-5-4-8-19-14/h6-7,9,14H,4-5,8,10H2,1-3H3,(H,16,18). The number of carbonyl (C=O) groups excluding carboxylic acids is 1. The van der Waals surface area contributed by atoms with Gasteiger partial charge in [-0.3, -0.25) is 4.79 Å². The lowest BCUT2D eigenvalue weighted by Crippen LogP contribution is -2.27. The highest BCUT2D eigenvalue weighted by molar-refractivity contribution is 5.95. The van der Waals surface area contributed by atoms with E-state index in [1.54, 1.807) is 0 Å². The average Bonchev–Trinajstić information content (AvgIpc) is 2.85. The molecule has 1 atom stereocenters. The zero-order valence-corrected chi connectivity index (χ0v) is 11.9. The highest BCUT2D eigenvalue weighted by Crippen LogP contribution is 2.21. The van der Waals surface area contributed by atoms with Crippen LogP contribution < -0.4 is 5.32 Å². The Morgan fingerprint density at radius 3 is 2.89 bits per heavy atom. The topological polar surface area (TPSA) is 41.6 Å². The zero-order valence-electron chi connectivity index (χ0n) is 11.9. The van der Waals surface area contributed by atoms with Crippen molar-refractivity contribution in [1.29, 1.82) is 0 Å². The molecule has 4 nitrogen and oxygen atoms in total. The van der Waals surface area contributed by atoms with Gasteiger partial charge in [0.1, 0.15) is 6.10 Å². The summed E-state index contributed by atoms with van der Waals surface area (Å²) in [4.78, 5) is 14.2. The van der Waals surface area contributed by atoms with E-state index in [9.17, 15) is 4.79 Å². The normalized spacial score (nSPS) is 18.8. The molecule has 19 heavy (non-hydrogen) atoms. The number of hydrogen-bond donors (Lipinski definition) is 1. The Balaban J connectivity index is 2.11. The molecule has 0 radical (unpaired) electrons. The van der Waals surface area contributed by atoms with Crippen molar-refractivity contribution in [1.82, 2.24) is 4.90 Å². The zero-order chi connectivity index (χ0) is 13.8. The van der Waals surface area contributed by atoms with Gasteiger partial charge in [0.05, 0.1) is 0 Å².